The van der Waals surface area contributed by atoms with Gasteiger partial charge in [-0.05, 0) is 31.4 Å². The number of sulfonamides is 1. The summed E-state index contributed by atoms with van der Waals surface area (Å²) >= 11 is 1.48. The van der Waals surface area contributed by atoms with Gasteiger partial charge in [-0.15, -0.1) is 11.3 Å². The Labute approximate surface area is 120 Å². The van der Waals surface area contributed by atoms with Gasteiger partial charge in [0.2, 0.25) is 10.0 Å². The van der Waals surface area contributed by atoms with Gasteiger partial charge in [-0.2, -0.15) is 0 Å². The molecule has 0 radical (unpaired) electrons. The molecule has 0 amide bonds. The maximum absolute atomic E-state index is 12.0. The molecule has 0 fully saturated rings. The average Bonchev–Trinajstić information content (AvgIpc) is 2.78. The molecule has 1 aromatic heterocycles. The lowest BCUT2D eigenvalue weighted by Crippen LogP contribution is -2.25. The molecule has 0 aliphatic carbocycles. The summed E-state index contributed by atoms with van der Waals surface area (Å²) in [6.07, 6.45) is 1.93. The smallest absolute Gasteiger partial charge is 0.241 e. The molecule has 4 nitrogen and oxygen atoms in total. The van der Waals surface area contributed by atoms with Gasteiger partial charge >= 0.3 is 0 Å². The zero-order valence-electron chi connectivity index (χ0n) is 11.9. The van der Waals surface area contributed by atoms with Crippen molar-refractivity contribution in [3.8, 4) is 0 Å². The van der Waals surface area contributed by atoms with Crippen LogP contribution in [0, 0.1) is 5.92 Å². The molecule has 0 saturated heterocycles. The normalized spacial score (nSPS) is 12.2. The topological polar surface area (TPSA) is 58.2 Å². The van der Waals surface area contributed by atoms with Crippen LogP contribution in [0.3, 0.4) is 0 Å². The van der Waals surface area contributed by atoms with Gasteiger partial charge < -0.3 is 5.32 Å². The number of hydrogen-bond donors (Lipinski definition) is 2. The van der Waals surface area contributed by atoms with Gasteiger partial charge in [0.25, 0.3) is 0 Å². The third kappa shape index (κ3) is 6.03. The van der Waals surface area contributed by atoms with E-state index in [1.165, 1.54) is 11.3 Å². The lowest BCUT2D eigenvalue weighted by atomic mass is 10.1. The number of hydrogen-bond acceptors (Lipinski definition) is 4. The molecule has 0 atom stereocenters. The molecule has 0 bridgehead atoms. The second-order valence-electron chi connectivity index (χ2n) is 5.01. The number of rotatable bonds is 9. The minimum atomic E-state index is -3.33. The first-order chi connectivity index (χ1) is 8.95. The maximum Gasteiger partial charge on any atom is 0.241 e. The van der Waals surface area contributed by atoms with Crippen LogP contribution < -0.4 is 10.0 Å². The van der Waals surface area contributed by atoms with Crippen LogP contribution in [-0.4, -0.2) is 21.5 Å². The van der Waals surface area contributed by atoms with E-state index in [1.807, 2.05) is 0 Å². The first kappa shape index (κ1) is 16.6. The molecular formula is C13H24N2O2S2. The van der Waals surface area contributed by atoms with Gasteiger partial charge in [0.05, 0.1) is 4.90 Å². The highest BCUT2D eigenvalue weighted by Crippen LogP contribution is 2.19. The molecule has 0 spiro atoms. The van der Waals surface area contributed by atoms with Crippen molar-refractivity contribution in [2.75, 3.05) is 13.1 Å². The van der Waals surface area contributed by atoms with E-state index >= 15 is 0 Å². The molecule has 0 aromatic carbocycles. The number of thiophene rings is 1. The van der Waals surface area contributed by atoms with Gasteiger partial charge in [0, 0.05) is 23.3 Å². The molecular weight excluding hydrogens is 280 g/mol. The van der Waals surface area contributed by atoms with Crippen LogP contribution in [0.25, 0.3) is 0 Å². The maximum atomic E-state index is 12.0. The summed E-state index contributed by atoms with van der Waals surface area (Å²) in [7, 11) is -3.33. The monoisotopic (exact) mass is 304 g/mol. The van der Waals surface area contributed by atoms with Crippen molar-refractivity contribution < 1.29 is 8.42 Å². The van der Waals surface area contributed by atoms with Crippen LogP contribution in [0.2, 0.25) is 0 Å². The molecule has 110 valence electrons. The first-order valence-electron chi connectivity index (χ1n) is 6.73. The molecule has 0 aliphatic heterocycles. The van der Waals surface area contributed by atoms with Gasteiger partial charge in [-0.1, -0.05) is 20.8 Å². The van der Waals surface area contributed by atoms with Gasteiger partial charge in [0.15, 0.2) is 0 Å². The summed E-state index contributed by atoms with van der Waals surface area (Å²) in [5, 5.41) is 4.98. The van der Waals surface area contributed by atoms with Gasteiger partial charge in [-0.25, -0.2) is 13.1 Å². The zero-order valence-corrected chi connectivity index (χ0v) is 13.5. The summed E-state index contributed by atoms with van der Waals surface area (Å²) < 4.78 is 26.7. The van der Waals surface area contributed by atoms with Crippen LogP contribution in [-0.2, 0) is 16.6 Å². The molecule has 1 aromatic rings. The fourth-order valence-electron chi connectivity index (χ4n) is 1.55. The highest BCUT2D eigenvalue weighted by atomic mass is 32.2. The van der Waals surface area contributed by atoms with Gasteiger partial charge in [-0.3, -0.25) is 0 Å². The van der Waals surface area contributed by atoms with Gasteiger partial charge in [0.1, 0.15) is 0 Å². The van der Waals surface area contributed by atoms with Crippen molar-refractivity contribution in [1.82, 2.24) is 10.0 Å². The quantitative estimate of drug-likeness (QED) is 0.689. The second-order valence-corrected chi connectivity index (χ2v) is 7.77. The third-order valence-corrected chi connectivity index (χ3v) is 5.21. The Balaban J connectivity index is 2.53. The van der Waals surface area contributed by atoms with Crippen molar-refractivity contribution in [2.24, 2.45) is 5.92 Å². The highest BCUT2D eigenvalue weighted by Gasteiger charge is 2.15. The van der Waals surface area contributed by atoms with Crippen molar-refractivity contribution in [1.29, 1.82) is 0 Å². The summed E-state index contributed by atoms with van der Waals surface area (Å²) in [6, 6.07) is 1.75. The Morgan fingerprint density at radius 3 is 2.68 bits per heavy atom. The second kappa shape index (κ2) is 7.99. The Bertz CT molecular complexity index is 467. The summed E-state index contributed by atoms with van der Waals surface area (Å²) in [6.45, 7) is 8.45. The molecule has 0 unspecified atom stereocenters. The van der Waals surface area contributed by atoms with E-state index < -0.39 is 10.0 Å². The van der Waals surface area contributed by atoms with Crippen molar-refractivity contribution in [3.63, 3.8) is 0 Å². The molecule has 0 saturated carbocycles. The zero-order chi connectivity index (χ0) is 14.3. The fraction of sp³-hybridized carbons (Fsp3) is 0.692. The van der Waals surface area contributed by atoms with Crippen LogP contribution >= 0.6 is 11.3 Å². The summed E-state index contributed by atoms with van der Waals surface area (Å²) in [5.74, 6) is 0.499. The minimum Gasteiger partial charge on any atom is -0.312 e. The largest absolute Gasteiger partial charge is 0.312 e. The van der Waals surface area contributed by atoms with Crippen molar-refractivity contribution >= 4 is 21.4 Å². The molecule has 6 heteroatoms. The minimum absolute atomic E-state index is 0.384. The Hall–Kier alpha value is -0.430. The SMILES string of the molecule is CCCNCc1cc(S(=O)(=O)NCCC(C)C)cs1. The molecule has 2 N–H and O–H groups in total. The van der Waals surface area contributed by atoms with Crippen LogP contribution in [0.15, 0.2) is 16.3 Å². The van der Waals surface area contributed by atoms with Crippen LogP contribution in [0.1, 0.15) is 38.5 Å². The fourth-order valence-corrected chi connectivity index (χ4v) is 3.84. The predicted molar refractivity (Wildman–Crippen MR) is 81.0 cm³/mol. The first-order valence-corrected chi connectivity index (χ1v) is 9.09. The standard InChI is InChI=1S/C13H24N2O2S2/c1-4-6-14-9-12-8-13(10-18-12)19(16,17)15-7-5-11(2)3/h8,10-11,14-15H,4-7,9H2,1-3H3. The third-order valence-electron chi connectivity index (χ3n) is 2.68. The molecule has 1 heterocycles. The van der Waals surface area contributed by atoms with E-state index in [9.17, 15) is 8.42 Å². The van der Waals surface area contributed by atoms with E-state index in [4.69, 9.17) is 0 Å². The van der Waals surface area contributed by atoms with Crippen molar-refractivity contribution in [2.45, 2.75) is 45.1 Å². The van der Waals surface area contributed by atoms with Crippen LogP contribution in [0.4, 0.5) is 0 Å². The molecule has 1 rings (SSSR count). The summed E-state index contributed by atoms with van der Waals surface area (Å²) in [5.41, 5.74) is 0. The lowest BCUT2D eigenvalue weighted by molar-refractivity contribution is 0.552. The van der Waals surface area contributed by atoms with Crippen molar-refractivity contribution in [3.05, 3.63) is 16.3 Å². The Morgan fingerprint density at radius 1 is 1.32 bits per heavy atom. The van der Waals surface area contributed by atoms with E-state index in [0.717, 1.165) is 30.8 Å². The molecule has 19 heavy (non-hydrogen) atoms. The molecule has 0 aliphatic rings. The van der Waals surface area contributed by atoms with E-state index in [-0.39, 0.29) is 0 Å². The Morgan fingerprint density at radius 2 is 2.05 bits per heavy atom. The van der Waals surface area contributed by atoms with E-state index in [0.29, 0.717) is 17.4 Å². The summed E-state index contributed by atoms with van der Waals surface area (Å²) in [4.78, 5) is 1.44. The number of nitrogens with one attached hydrogen (secondary N) is 2. The van der Waals surface area contributed by atoms with Crippen LogP contribution in [0.5, 0.6) is 0 Å². The Kier molecular flexibility index (Phi) is 6.99. The van der Waals surface area contributed by atoms with E-state index in [1.54, 1.807) is 11.4 Å². The highest BCUT2D eigenvalue weighted by molar-refractivity contribution is 7.89. The van der Waals surface area contributed by atoms with E-state index in [2.05, 4.69) is 30.8 Å². The predicted octanol–water partition coefficient (Wildman–Crippen LogP) is 2.57. The average molecular weight is 304 g/mol. The lowest BCUT2D eigenvalue weighted by Gasteiger charge is -2.06.